The van der Waals surface area contributed by atoms with Crippen LogP contribution in [0.15, 0.2) is 24.3 Å². The molecule has 3 rings (SSSR count). The van der Waals surface area contributed by atoms with Gasteiger partial charge in [-0.3, -0.25) is 0 Å². The lowest BCUT2D eigenvalue weighted by molar-refractivity contribution is -0.150. The topological polar surface area (TPSA) is 38.8 Å². The highest BCUT2D eigenvalue weighted by atomic mass is 16.7. The average molecular weight is 260 g/mol. The highest BCUT2D eigenvalue weighted by Crippen LogP contribution is 2.46. The molecule has 0 amide bonds. The van der Waals surface area contributed by atoms with E-state index >= 15 is 0 Å². The minimum Gasteiger partial charge on any atom is -0.460 e. The van der Waals surface area contributed by atoms with E-state index in [-0.39, 0.29) is 12.1 Å². The molecular formula is C16H20O3. The van der Waals surface area contributed by atoms with E-state index in [9.17, 15) is 4.79 Å². The lowest BCUT2D eigenvalue weighted by Gasteiger charge is -2.11. The van der Waals surface area contributed by atoms with Gasteiger partial charge in [0.25, 0.3) is 0 Å². The van der Waals surface area contributed by atoms with Crippen LogP contribution in [0.1, 0.15) is 43.7 Å². The minimum absolute atomic E-state index is 0.110. The van der Waals surface area contributed by atoms with Crippen LogP contribution in [0.2, 0.25) is 0 Å². The predicted octanol–water partition coefficient (Wildman–Crippen LogP) is 3.09. The Morgan fingerprint density at radius 3 is 2.53 bits per heavy atom. The van der Waals surface area contributed by atoms with Crippen LogP contribution >= 0.6 is 0 Å². The second-order valence-electron chi connectivity index (χ2n) is 5.81. The van der Waals surface area contributed by atoms with Crippen molar-refractivity contribution in [2.24, 2.45) is 0 Å². The number of epoxide rings is 1. The Bertz CT molecular complexity index is 473. The molecule has 0 bridgehead atoms. The predicted molar refractivity (Wildman–Crippen MR) is 71.8 cm³/mol. The Morgan fingerprint density at radius 2 is 1.89 bits per heavy atom. The van der Waals surface area contributed by atoms with Gasteiger partial charge in [-0.2, -0.15) is 0 Å². The number of aryl methyl sites for hydroxylation is 1. The van der Waals surface area contributed by atoms with Crippen molar-refractivity contribution in [2.45, 2.75) is 57.3 Å². The Hall–Kier alpha value is -1.35. The van der Waals surface area contributed by atoms with Gasteiger partial charge in [0.15, 0.2) is 6.10 Å². The van der Waals surface area contributed by atoms with Gasteiger partial charge in [0.05, 0.1) is 0 Å². The number of hydrogen-bond acceptors (Lipinski definition) is 3. The summed E-state index contributed by atoms with van der Waals surface area (Å²) in [6, 6.07) is 8.14. The van der Waals surface area contributed by atoms with Gasteiger partial charge in [-0.25, -0.2) is 4.79 Å². The zero-order chi connectivity index (χ0) is 13.5. The second-order valence-corrected chi connectivity index (χ2v) is 5.81. The van der Waals surface area contributed by atoms with Crippen LogP contribution in [0.3, 0.4) is 0 Å². The van der Waals surface area contributed by atoms with Gasteiger partial charge in [0.1, 0.15) is 11.7 Å². The molecule has 2 fully saturated rings. The standard InChI is InChI=1S/C16H20O3/c1-11-7-9-12(10-8-11)16(2)14(19-16)15(17)18-13-5-3-4-6-13/h7-10,13-14H,3-6H2,1-2H3. The number of hydrogen-bond donors (Lipinski definition) is 0. The Morgan fingerprint density at radius 1 is 1.26 bits per heavy atom. The summed E-state index contributed by atoms with van der Waals surface area (Å²) in [4.78, 5) is 12.1. The average Bonchev–Trinajstić information content (AvgIpc) is 2.84. The summed E-state index contributed by atoms with van der Waals surface area (Å²) in [6.45, 7) is 4.00. The first-order chi connectivity index (χ1) is 9.09. The molecule has 0 aromatic heterocycles. The molecule has 3 nitrogen and oxygen atoms in total. The lowest BCUT2D eigenvalue weighted by Crippen LogP contribution is -2.23. The SMILES string of the molecule is Cc1ccc(C2(C)OC2C(=O)OC2CCCC2)cc1. The van der Waals surface area contributed by atoms with E-state index in [4.69, 9.17) is 9.47 Å². The zero-order valence-electron chi connectivity index (χ0n) is 11.5. The largest absolute Gasteiger partial charge is 0.460 e. The molecule has 1 heterocycles. The molecule has 2 unspecified atom stereocenters. The Kier molecular flexibility index (Phi) is 3.09. The van der Waals surface area contributed by atoms with E-state index < -0.39 is 11.7 Å². The van der Waals surface area contributed by atoms with Crippen molar-refractivity contribution in [3.05, 3.63) is 35.4 Å². The number of carbonyl (C=O) groups is 1. The quantitative estimate of drug-likeness (QED) is 0.619. The third kappa shape index (κ3) is 2.39. The summed E-state index contributed by atoms with van der Waals surface area (Å²) < 4.78 is 11.1. The molecule has 2 atom stereocenters. The Labute approximate surface area is 113 Å². The van der Waals surface area contributed by atoms with Gasteiger partial charge in [0, 0.05) is 0 Å². The maximum atomic E-state index is 12.1. The van der Waals surface area contributed by atoms with Gasteiger partial charge in [-0.15, -0.1) is 0 Å². The molecule has 0 spiro atoms. The zero-order valence-corrected chi connectivity index (χ0v) is 11.5. The van der Waals surface area contributed by atoms with Crippen LogP contribution in [0.4, 0.5) is 0 Å². The molecule has 19 heavy (non-hydrogen) atoms. The van der Waals surface area contributed by atoms with Crippen LogP contribution < -0.4 is 0 Å². The number of esters is 1. The van der Waals surface area contributed by atoms with Gasteiger partial charge in [0.2, 0.25) is 0 Å². The Balaban J connectivity index is 1.65. The van der Waals surface area contributed by atoms with E-state index in [1.54, 1.807) is 0 Å². The fraction of sp³-hybridized carbons (Fsp3) is 0.562. The summed E-state index contributed by atoms with van der Waals surface area (Å²) in [6.07, 6.45) is 4.01. The molecule has 0 N–H and O–H groups in total. The first kappa shape index (κ1) is 12.7. The number of rotatable bonds is 3. The molecule has 0 radical (unpaired) electrons. The fourth-order valence-electron chi connectivity index (χ4n) is 2.82. The van der Waals surface area contributed by atoms with E-state index in [2.05, 4.69) is 0 Å². The summed E-state index contributed by atoms with van der Waals surface area (Å²) in [7, 11) is 0. The summed E-state index contributed by atoms with van der Waals surface area (Å²) in [5.41, 5.74) is 1.76. The monoisotopic (exact) mass is 260 g/mol. The van der Waals surface area contributed by atoms with E-state index in [0.717, 1.165) is 18.4 Å². The van der Waals surface area contributed by atoms with Crippen molar-refractivity contribution < 1.29 is 14.3 Å². The molecule has 1 saturated carbocycles. The van der Waals surface area contributed by atoms with Crippen LogP contribution in [-0.2, 0) is 19.9 Å². The normalized spacial score (nSPS) is 30.3. The highest BCUT2D eigenvalue weighted by Gasteiger charge is 2.59. The van der Waals surface area contributed by atoms with E-state index in [1.165, 1.54) is 18.4 Å². The van der Waals surface area contributed by atoms with Crippen molar-refractivity contribution in [3.63, 3.8) is 0 Å². The van der Waals surface area contributed by atoms with Crippen LogP contribution in [-0.4, -0.2) is 18.2 Å². The van der Waals surface area contributed by atoms with E-state index in [0.29, 0.717) is 0 Å². The van der Waals surface area contributed by atoms with Crippen LogP contribution in [0.5, 0.6) is 0 Å². The first-order valence-corrected chi connectivity index (χ1v) is 7.05. The molecule has 1 aliphatic carbocycles. The third-order valence-corrected chi connectivity index (χ3v) is 4.23. The molecular weight excluding hydrogens is 240 g/mol. The summed E-state index contributed by atoms with van der Waals surface area (Å²) >= 11 is 0. The molecule has 1 aliphatic heterocycles. The number of benzene rings is 1. The van der Waals surface area contributed by atoms with Crippen molar-refractivity contribution in [1.29, 1.82) is 0 Å². The lowest BCUT2D eigenvalue weighted by atomic mass is 9.96. The molecule has 102 valence electrons. The highest BCUT2D eigenvalue weighted by molar-refractivity contribution is 5.80. The number of ether oxygens (including phenoxy) is 2. The van der Waals surface area contributed by atoms with Crippen molar-refractivity contribution in [2.75, 3.05) is 0 Å². The second kappa shape index (κ2) is 4.64. The molecule has 1 saturated heterocycles. The van der Waals surface area contributed by atoms with E-state index in [1.807, 2.05) is 38.1 Å². The van der Waals surface area contributed by atoms with Gasteiger partial charge in [-0.1, -0.05) is 29.8 Å². The van der Waals surface area contributed by atoms with Crippen molar-refractivity contribution in [1.82, 2.24) is 0 Å². The van der Waals surface area contributed by atoms with Crippen molar-refractivity contribution >= 4 is 5.97 Å². The molecule has 3 heteroatoms. The first-order valence-electron chi connectivity index (χ1n) is 7.05. The molecule has 1 aromatic carbocycles. The third-order valence-electron chi connectivity index (χ3n) is 4.23. The van der Waals surface area contributed by atoms with Crippen LogP contribution in [0, 0.1) is 6.92 Å². The van der Waals surface area contributed by atoms with Crippen molar-refractivity contribution in [3.8, 4) is 0 Å². The summed E-state index contributed by atoms with van der Waals surface area (Å²) in [5.74, 6) is -0.199. The molecule has 2 aliphatic rings. The minimum atomic E-state index is -0.497. The van der Waals surface area contributed by atoms with Gasteiger partial charge >= 0.3 is 5.97 Å². The van der Waals surface area contributed by atoms with Crippen LogP contribution in [0.25, 0.3) is 0 Å². The maximum Gasteiger partial charge on any atom is 0.338 e. The number of carbonyl (C=O) groups excluding carboxylic acids is 1. The summed E-state index contributed by atoms with van der Waals surface area (Å²) in [5, 5.41) is 0. The molecule has 1 aromatic rings. The smallest absolute Gasteiger partial charge is 0.338 e. The fourth-order valence-corrected chi connectivity index (χ4v) is 2.82. The maximum absolute atomic E-state index is 12.1. The van der Waals surface area contributed by atoms with Gasteiger partial charge < -0.3 is 9.47 Å². The van der Waals surface area contributed by atoms with Gasteiger partial charge in [-0.05, 0) is 45.1 Å².